The summed E-state index contributed by atoms with van der Waals surface area (Å²) in [4.78, 5) is 1.88. The lowest BCUT2D eigenvalue weighted by atomic mass is 10.2. The molecule has 2 rings (SSSR count). The number of hydrogen-bond acceptors (Lipinski definition) is 1. The second-order valence-corrected chi connectivity index (χ2v) is 4.27. The summed E-state index contributed by atoms with van der Waals surface area (Å²) in [5.74, 6) is -0.770. The summed E-state index contributed by atoms with van der Waals surface area (Å²) in [6.07, 6.45) is 2.11. The standard InChI is InChI=1S/C10H10BrF2N/c11-7-5-9(13)10(6-8(7)12)14-3-1-2-4-14/h5-6H,1-4H2. The zero-order chi connectivity index (χ0) is 10.1. The van der Waals surface area contributed by atoms with Gasteiger partial charge in [-0.15, -0.1) is 0 Å². The molecule has 1 saturated heterocycles. The molecule has 1 fully saturated rings. The summed E-state index contributed by atoms with van der Waals surface area (Å²) in [6.45, 7) is 1.63. The molecule has 1 aromatic rings. The molecule has 0 bridgehead atoms. The van der Waals surface area contributed by atoms with Crippen LogP contribution in [0, 0.1) is 11.6 Å². The quantitative estimate of drug-likeness (QED) is 0.702. The van der Waals surface area contributed by atoms with Gasteiger partial charge in [0.1, 0.15) is 11.6 Å². The van der Waals surface area contributed by atoms with E-state index in [1.807, 2.05) is 4.90 Å². The van der Waals surface area contributed by atoms with Gasteiger partial charge in [0.15, 0.2) is 0 Å². The predicted octanol–water partition coefficient (Wildman–Crippen LogP) is 3.33. The van der Waals surface area contributed by atoms with Crippen LogP contribution in [0.4, 0.5) is 14.5 Å². The summed E-state index contributed by atoms with van der Waals surface area (Å²) >= 11 is 2.96. The summed E-state index contributed by atoms with van der Waals surface area (Å²) < 4.78 is 26.8. The Balaban J connectivity index is 2.37. The first-order valence-corrected chi connectivity index (χ1v) is 5.37. The van der Waals surface area contributed by atoms with E-state index < -0.39 is 5.82 Å². The highest BCUT2D eigenvalue weighted by molar-refractivity contribution is 9.10. The van der Waals surface area contributed by atoms with E-state index in [-0.39, 0.29) is 10.3 Å². The van der Waals surface area contributed by atoms with Crippen molar-refractivity contribution in [1.82, 2.24) is 0 Å². The molecule has 1 aromatic carbocycles. The molecule has 0 spiro atoms. The molecule has 0 unspecified atom stereocenters. The monoisotopic (exact) mass is 261 g/mol. The van der Waals surface area contributed by atoms with Crippen LogP contribution in [0.3, 0.4) is 0 Å². The largest absolute Gasteiger partial charge is 0.369 e. The van der Waals surface area contributed by atoms with Gasteiger partial charge in [-0.1, -0.05) is 0 Å². The van der Waals surface area contributed by atoms with Crippen LogP contribution in [-0.4, -0.2) is 13.1 Å². The fourth-order valence-corrected chi connectivity index (χ4v) is 2.03. The SMILES string of the molecule is Fc1cc(N2CCCC2)c(F)cc1Br. The lowest BCUT2D eigenvalue weighted by Gasteiger charge is -2.18. The molecule has 0 atom stereocenters. The minimum absolute atomic E-state index is 0.179. The molecular formula is C10H10BrF2N. The molecule has 0 radical (unpaired) electrons. The number of anilines is 1. The van der Waals surface area contributed by atoms with E-state index >= 15 is 0 Å². The van der Waals surface area contributed by atoms with Crippen LogP contribution in [-0.2, 0) is 0 Å². The zero-order valence-corrected chi connectivity index (χ0v) is 9.15. The molecule has 0 saturated carbocycles. The first-order chi connectivity index (χ1) is 6.68. The molecule has 4 heteroatoms. The Hall–Kier alpha value is -0.640. The van der Waals surface area contributed by atoms with Crippen LogP contribution < -0.4 is 4.90 Å². The van der Waals surface area contributed by atoms with Crippen molar-refractivity contribution in [3.63, 3.8) is 0 Å². The van der Waals surface area contributed by atoms with Crippen LogP contribution in [0.2, 0.25) is 0 Å². The lowest BCUT2D eigenvalue weighted by molar-refractivity contribution is 0.591. The summed E-state index contributed by atoms with van der Waals surface area (Å²) in [6, 6.07) is 2.44. The van der Waals surface area contributed by atoms with E-state index in [0.29, 0.717) is 5.69 Å². The summed E-state index contributed by atoms with van der Waals surface area (Å²) in [5.41, 5.74) is 0.378. The average molecular weight is 262 g/mol. The topological polar surface area (TPSA) is 3.24 Å². The van der Waals surface area contributed by atoms with E-state index in [4.69, 9.17) is 0 Å². The van der Waals surface area contributed by atoms with Crippen molar-refractivity contribution in [2.24, 2.45) is 0 Å². The number of rotatable bonds is 1. The van der Waals surface area contributed by atoms with E-state index in [9.17, 15) is 8.78 Å². The molecule has 1 nitrogen and oxygen atoms in total. The van der Waals surface area contributed by atoms with Gasteiger partial charge in [-0.05, 0) is 34.8 Å². The number of benzene rings is 1. The smallest absolute Gasteiger partial charge is 0.147 e. The number of hydrogen-bond donors (Lipinski definition) is 0. The Bertz CT molecular complexity index is 348. The molecule has 1 aliphatic heterocycles. The highest BCUT2D eigenvalue weighted by Crippen LogP contribution is 2.28. The van der Waals surface area contributed by atoms with E-state index in [1.165, 1.54) is 12.1 Å². The van der Waals surface area contributed by atoms with E-state index in [2.05, 4.69) is 15.9 Å². The Morgan fingerprint density at radius 2 is 1.71 bits per heavy atom. The molecule has 1 heterocycles. The molecular weight excluding hydrogens is 252 g/mol. The lowest BCUT2D eigenvalue weighted by Crippen LogP contribution is -2.19. The third kappa shape index (κ3) is 1.75. The van der Waals surface area contributed by atoms with Crippen molar-refractivity contribution in [2.45, 2.75) is 12.8 Å². The van der Waals surface area contributed by atoms with Gasteiger partial charge in [0.05, 0.1) is 10.2 Å². The molecule has 0 aliphatic carbocycles. The van der Waals surface area contributed by atoms with Crippen molar-refractivity contribution in [1.29, 1.82) is 0 Å². The molecule has 14 heavy (non-hydrogen) atoms. The van der Waals surface area contributed by atoms with Gasteiger partial charge in [0.25, 0.3) is 0 Å². The highest BCUT2D eigenvalue weighted by Gasteiger charge is 2.17. The molecule has 0 aromatic heterocycles. The minimum Gasteiger partial charge on any atom is -0.369 e. The van der Waals surface area contributed by atoms with Gasteiger partial charge >= 0.3 is 0 Å². The first-order valence-electron chi connectivity index (χ1n) is 4.58. The maximum absolute atomic E-state index is 13.4. The Labute approximate surface area is 89.8 Å². The Morgan fingerprint density at radius 1 is 1.07 bits per heavy atom. The number of nitrogens with zero attached hydrogens (tertiary/aromatic N) is 1. The van der Waals surface area contributed by atoms with Crippen molar-refractivity contribution >= 4 is 21.6 Å². The van der Waals surface area contributed by atoms with Crippen LogP contribution in [0.15, 0.2) is 16.6 Å². The minimum atomic E-state index is -0.409. The van der Waals surface area contributed by atoms with Crippen molar-refractivity contribution in [3.05, 3.63) is 28.2 Å². The van der Waals surface area contributed by atoms with Gasteiger partial charge in [0.2, 0.25) is 0 Å². The van der Waals surface area contributed by atoms with Crippen LogP contribution in [0.5, 0.6) is 0 Å². The Kier molecular flexibility index (Phi) is 2.72. The fourth-order valence-electron chi connectivity index (χ4n) is 1.71. The Morgan fingerprint density at radius 3 is 2.36 bits per heavy atom. The average Bonchev–Trinajstić information content (AvgIpc) is 2.64. The second kappa shape index (κ2) is 3.85. The third-order valence-electron chi connectivity index (χ3n) is 2.44. The van der Waals surface area contributed by atoms with Gasteiger partial charge in [-0.3, -0.25) is 0 Å². The zero-order valence-electron chi connectivity index (χ0n) is 7.56. The highest BCUT2D eigenvalue weighted by atomic mass is 79.9. The molecule has 0 N–H and O–H groups in total. The first kappa shape index (κ1) is 9.90. The number of halogens is 3. The van der Waals surface area contributed by atoms with E-state index in [0.717, 1.165) is 25.9 Å². The fraction of sp³-hybridized carbons (Fsp3) is 0.400. The third-order valence-corrected chi connectivity index (χ3v) is 3.04. The predicted molar refractivity (Wildman–Crippen MR) is 55.5 cm³/mol. The maximum atomic E-state index is 13.4. The van der Waals surface area contributed by atoms with Gasteiger partial charge < -0.3 is 4.90 Å². The van der Waals surface area contributed by atoms with Gasteiger partial charge in [-0.2, -0.15) is 0 Å². The molecule has 1 aliphatic rings. The summed E-state index contributed by atoms with van der Waals surface area (Å²) in [7, 11) is 0. The normalized spacial score (nSPS) is 16.4. The van der Waals surface area contributed by atoms with Gasteiger partial charge in [-0.25, -0.2) is 8.78 Å². The van der Waals surface area contributed by atoms with Crippen molar-refractivity contribution in [3.8, 4) is 0 Å². The van der Waals surface area contributed by atoms with Crippen molar-refractivity contribution in [2.75, 3.05) is 18.0 Å². The van der Waals surface area contributed by atoms with Crippen molar-refractivity contribution < 1.29 is 8.78 Å². The molecule has 76 valence electrons. The molecule has 0 amide bonds. The van der Waals surface area contributed by atoms with E-state index in [1.54, 1.807) is 0 Å². The van der Waals surface area contributed by atoms with Gasteiger partial charge in [0, 0.05) is 19.2 Å². The maximum Gasteiger partial charge on any atom is 0.147 e. The van der Waals surface area contributed by atoms with Crippen LogP contribution in [0.25, 0.3) is 0 Å². The van der Waals surface area contributed by atoms with Crippen LogP contribution in [0.1, 0.15) is 12.8 Å². The van der Waals surface area contributed by atoms with Crippen LogP contribution >= 0.6 is 15.9 Å². The second-order valence-electron chi connectivity index (χ2n) is 3.41. The summed E-state index contributed by atoms with van der Waals surface area (Å²) in [5, 5.41) is 0.